The fourth-order valence-corrected chi connectivity index (χ4v) is 2.74. The van der Waals surface area contributed by atoms with Crippen molar-refractivity contribution in [1.29, 1.82) is 0 Å². The van der Waals surface area contributed by atoms with Crippen LogP contribution in [0.15, 0.2) is 18.2 Å². The molecule has 0 aliphatic rings. The number of carbonyl (C=O) groups is 1. The summed E-state index contributed by atoms with van der Waals surface area (Å²) in [5, 5.41) is 3.55. The van der Waals surface area contributed by atoms with Crippen LogP contribution in [0, 0.1) is 11.2 Å². The Balaban J connectivity index is 2.34. The fourth-order valence-electron chi connectivity index (χ4n) is 1.74. The zero-order valence-corrected chi connectivity index (χ0v) is 12.9. The smallest absolute Gasteiger partial charge is 0.263 e. The van der Waals surface area contributed by atoms with E-state index in [4.69, 9.17) is 5.73 Å². The highest BCUT2D eigenvalue weighted by Crippen LogP contribution is 2.34. The van der Waals surface area contributed by atoms with E-state index in [1.807, 2.05) is 6.92 Å². The second kappa shape index (κ2) is 5.05. The molecule has 1 aromatic heterocycles. The zero-order valence-electron chi connectivity index (χ0n) is 12.1. The number of halogens is 1. The lowest BCUT2D eigenvalue weighted by Crippen LogP contribution is -2.41. The van der Waals surface area contributed by atoms with Crippen LogP contribution in [0.25, 0.3) is 10.1 Å². The lowest BCUT2D eigenvalue weighted by molar-refractivity contribution is 0.0915. The third-order valence-corrected chi connectivity index (χ3v) is 4.73. The Morgan fingerprint density at radius 1 is 1.40 bits per heavy atom. The van der Waals surface area contributed by atoms with Crippen molar-refractivity contribution < 1.29 is 9.18 Å². The van der Waals surface area contributed by atoms with Crippen LogP contribution in [0.2, 0.25) is 0 Å². The van der Waals surface area contributed by atoms with Gasteiger partial charge in [-0.05, 0) is 30.5 Å². The van der Waals surface area contributed by atoms with Gasteiger partial charge in [0, 0.05) is 16.1 Å². The third-order valence-electron chi connectivity index (χ3n) is 3.54. The molecule has 0 aliphatic heterocycles. The van der Waals surface area contributed by atoms with Crippen LogP contribution in [0.4, 0.5) is 10.1 Å². The predicted molar refractivity (Wildman–Crippen MR) is 82.6 cm³/mol. The average Bonchev–Trinajstić information content (AvgIpc) is 2.65. The topological polar surface area (TPSA) is 55.1 Å². The first-order valence-electron chi connectivity index (χ1n) is 6.48. The molecule has 0 bridgehead atoms. The highest BCUT2D eigenvalue weighted by atomic mass is 32.1. The van der Waals surface area contributed by atoms with Gasteiger partial charge in [-0.25, -0.2) is 4.39 Å². The van der Waals surface area contributed by atoms with Crippen molar-refractivity contribution in [1.82, 2.24) is 5.32 Å². The molecule has 0 saturated carbocycles. The van der Waals surface area contributed by atoms with Crippen molar-refractivity contribution in [3.63, 3.8) is 0 Å². The molecular weight excluding hydrogens is 275 g/mol. The molecule has 1 aromatic carbocycles. The number of nitrogens with one attached hydrogen (secondary N) is 1. The molecule has 0 aliphatic carbocycles. The Morgan fingerprint density at radius 2 is 2.05 bits per heavy atom. The van der Waals surface area contributed by atoms with E-state index in [2.05, 4.69) is 26.1 Å². The summed E-state index contributed by atoms with van der Waals surface area (Å²) in [7, 11) is 0. The second-order valence-electron chi connectivity index (χ2n) is 6.05. The van der Waals surface area contributed by atoms with Gasteiger partial charge >= 0.3 is 0 Å². The molecule has 3 N–H and O–H groups in total. The minimum atomic E-state index is -0.350. The van der Waals surface area contributed by atoms with Gasteiger partial charge < -0.3 is 11.1 Å². The molecule has 108 valence electrons. The van der Waals surface area contributed by atoms with Gasteiger partial charge in [-0.2, -0.15) is 0 Å². The van der Waals surface area contributed by atoms with Crippen molar-refractivity contribution in [2.75, 3.05) is 5.73 Å². The van der Waals surface area contributed by atoms with Gasteiger partial charge in [0.2, 0.25) is 0 Å². The molecule has 0 spiro atoms. The van der Waals surface area contributed by atoms with Gasteiger partial charge in [0.1, 0.15) is 10.7 Å². The zero-order chi connectivity index (χ0) is 15.1. The van der Waals surface area contributed by atoms with Crippen molar-refractivity contribution in [2.45, 2.75) is 33.7 Å². The summed E-state index contributed by atoms with van der Waals surface area (Å²) in [6.07, 6.45) is 0. The summed E-state index contributed by atoms with van der Waals surface area (Å²) in [4.78, 5) is 12.7. The van der Waals surface area contributed by atoms with E-state index in [0.717, 1.165) is 4.70 Å². The number of nitrogen functional groups attached to an aromatic ring is 1. The highest BCUT2D eigenvalue weighted by molar-refractivity contribution is 7.21. The maximum absolute atomic E-state index is 13.2. The number of amides is 1. The van der Waals surface area contributed by atoms with Crippen LogP contribution < -0.4 is 11.1 Å². The van der Waals surface area contributed by atoms with E-state index >= 15 is 0 Å². The van der Waals surface area contributed by atoms with Crippen LogP contribution in [-0.2, 0) is 0 Å². The Kier molecular flexibility index (Phi) is 3.73. The summed E-state index contributed by atoms with van der Waals surface area (Å²) in [5.41, 5.74) is 6.29. The van der Waals surface area contributed by atoms with Crippen LogP contribution in [-0.4, -0.2) is 11.9 Å². The molecule has 1 amide bonds. The van der Waals surface area contributed by atoms with E-state index in [-0.39, 0.29) is 23.2 Å². The van der Waals surface area contributed by atoms with Crippen LogP contribution in [0.1, 0.15) is 37.4 Å². The minimum absolute atomic E-state index is 0.0105. The van der Waals surface area contributed by atoms with Gasteiger partial charge in [0.05, 0.1) is 5.69 Å². The largest absolute Gasteiger partial charge is 0.397 e. The van der Waals surface area contributed by atoms with Crippen LogP contribution in [0.5, 0.6) is 0 Å². The quantitative estimate of drug-likeness (QED) is 0.885. The molecule has 1 unspecified atom stereocenters. The van der Waals surface area contributed by atoms with Gasteiger partial charge in [-0.3, -0.25) is 4.79 Å². The molecule has 2 aromatic rings. The summed E-state index contributed by atoms with van der Waals surface area (Å²) in [6, 6.07) is 4.40. The molecule has 5 heteroatoms. The third kappa shape index (κ3) is 2.77. The van der Waals surface area contributed by atoms with E-state index in [1.54, 1.807) is 6.07 Å². The predicted octanol–water partition coefficient (Wildman–Crippen LogP) is 3.79. The monoisotopic (exact) mass is 294 g/mol. The van der Waals surface area contributed by atoms with E-state index < -0.39 is 0 Å². The normalized spacial score (nSPS) is 13.4. The highest BCUT2D eigenvalue weighted by Gasteiger charge is 2.24. The Morgan fingerprint density at radius 3 is 2.65 bits per heavy atom. The maximum atomic E-state index is 13.2. The lowest BCUT2D eigenvalue weighted by Gasteiger charge is -2.27. The number of hydrogen-bond acceptors (Lipinski definition) is 3. The first kappa shape index (κ1) is 14.8. The molecule has 0 radical (unpaired) electrons. The molecular formula is C15H19FN2OS. The maximum Gasteiger partial charge on any atom is 0.263 e. The number of carbonyl (C=O) groups excluding carboxylic acids is 1. The first-order chi connectivity index (χ1) is 9.20. The summed E-state index contributed by atoms with van der Waals surface area (Å²) in [6.45, 7) is 8.13. The van der Waals surface area contributed by atoms with E-state index in [1.165, 1.54) is 23.5 Å². The Hall–Kier alpha value is -1.62. The first-order valence-corrected chi connectivity index (χ1v) is 7.30. The molecule has 20 heavy (non-hydrogen) atoms. The van der Waals surface area contributed by atoms with E-state index in [0.29, 0.717) is 16.0 Å². The van der Waals surface area contributed by atoms with Crippen molar-refractivity contribution >= 4 is 33.0 Å². The SMILES string of the molecule is CC(NC(=O)c1sc2ccc(F)cc2c1N)C(C)(C)C. The van der Waals surface area contributed by atoms with Crippen LogP contribution in [0.3, 0.4) is 0 Å². The molecule has 1 atom stereocenters. The van der Waals surface area contributed by atoms with Gasteiger partial charge in [0.25, 0.3) is 5.91 Å². The lowest BCUT2D eigenvalue weighted by atomic mass is 9.88. The van der Waals surface area contributed by atoms with Crippen molar-refractivity contribution in [3.8, 4) is 0 Å². The van der Waals surface area contributed by atoms with Gasteiger partial charge in [-0.1, -0.05) is 20.8 Å². The van der Waals surface area contributed by atoms with E-state index in [9.17, 15) is 9.18 Å². The van der Waals surface area contributed by atoms with Crippen LogP contribution >= 0.6 is 11.3 Å². The second-order valence-corrected chi connectivity index (χ2v) is 7.10. The number of hydrogen-bond donors (Lipinski definition) is 2. The number of nitrogens with two attached hydrogens (primary N) is 1. The Labute approximate surface area is 122 Å². The number of benzene rings is 1. The molecule has 0 fully saturated rings. The summed E-state index contributed by atoms with van der Waals surface area (Å²) >= 11 is 1.29. The number of anilines is 1. The van der Waals surface area contributed by atoms with Gasteiger partial charge in [0.15, 0.2) is 0 Å². The number of thiophene rings is 1. The van der Waals surface area contributed by atoms with Crippen molar-refractivity contribution in [3.05, 3.63) is 28.9 Å². The number of rotatable bonds is 2. The summed E-state index contributed by atoms with van der Waals surface area (Å²) in [5.74, 6) is -0.552. The minimum Gasteiger partial charge on any atom is -0.397 e. The Bertz CT molecular complexity index is 658. The van der Waals surface area contributed by atoms with Crippen molar-refractivity contribution in [2.24, 2.45) is 5.41 Å². The average molecular weight is 294 g/mol. The molecule has 2 rings (SSSR count). The molecule has 0 saturated heterocycles. The molecule has 1 heterocycles. The fraction of sp³-hybridized carbons (Fsp3) is 0.400. The summed E-state index contributed by atoms with van der Waals surface area (Å²) < 4.78 is 14.1. The van der Waals surface area contributed by atoms with Gasteiger partial charge in [-0.15, -0.1) is 11.3 Å². The number of fused-ring (bicyclic) bond motifs is 1. The molecule has 3 nitrogen and oxygen atoms in total. The standard InChI is InChI=1S/C15H19FN2OS/c1-8(15(2,3)4)18-14(19)13-12(17)10-7-9(16)5-6-11(10)20-13/h5-8H,17H2,1-4H3,(H,18,19).